The molecule has 7 heteroatoms. The molecule has 2 aliphatic heterocycles. The van der Waals surface area contributed by atoms with E-state index in [0.29, 0.717) is 31.2 Å². The number of carbonyl (C=O) groups excluding carboxylic acids is 2. The molecule has 1 N–H and O–H groups in total. The van der Waals surface area contributed by atoms with Gasteiger partial charge in [-0.2, -0.15) is 0 Å². The van der Waals surface area contributed by atoms with E-state index in [1.54, 1.807) is 4.90 Å². The number of hydrogen-bond acceptors (Lipinski definition) is 5. The van der Waals surface area contributed by atoms with Crippen LogP contribution in [0, 0.1) is 0 Å². The number of esters is 1. The van der Waals surface area contributed by atoms with Crippen molar-refractivity contribution in [1.29, 1.82) is 0 Å². The van der Waals surface area contributed by atoms with Crippen LogP contribution in [0.3, 0.4) is 0 Å². The summed E-state index contributed by atoms with van der Waals surface area (Å²) >= 11 is 0. The largest absolute Gasteiger partial charge is 0.463 e. The van der Waals surface area contributed by atoms with E-state index in [0.717, 1.165) is 44.0 Å². The van der Waals surface area contributed by atoms with E-state index in [2.05, 4.69) is 48.0 Å². The number of ether oxygens (including phenoxy) is 1. The van der Waals surface area contributed by atoms with Crippen molar-refractivity contribution in [2.75, 3.05) is 52.4 Å². The van der Waals surface area contributed by atoms with E-state index in [1.807, 2.05) is 26.0 Å². The molecule has 0 spiro atoms. The Hall–Kier alpha value is -2.38. The predicted octanol–water partition coefficient (Wildman–Crippen LogP) is 3.35. The molecule has 2 amide bonds. The van der Waals surface area contributed by atoms with E-state index >= 15 is 0 Å². The van der Waals surface area contributed by atoms with Crippen LogP contribution in [0.15, 0.2) is 35.5 Å². The second-order valence-electron chi connectivity index (χ2n) is 8.74. The van der Waals surface area contributed by atoms with E-state index < -0.39 is 6.04 Å². The topological polar surface area (TPSA) is 65.1 Å². The quantitative estimate of drug-likeness (QED) is 0.626. The number of piperazine rings is 1. The van der Waals surface area contributed by atoms with E-state index in [1.165, 1.54) is 5.56 Å². The minimum atomic E-state index is -0.516. The third-order valence-corrected chi connectivity index (χ3v) is 6.47. The van der Waals surface area contributed by atoms with Crippen molar-refractivity contribution < 1.29 is 14.3 Å². The monoisotopic (exact) mass is 442 g/mol. The molecular formula is C25H38N4O3. The Labute approximate surface area is 192 Å². The molecule has 32 heavy (non-hydrogen) atoms. The lowest BCUT2D eigenvalue weighted by atomic mass is 9.92. The van der Waals surface area contributed by atoms with Crippen molar-refractivity contribution in [2.45, 2.75) is 46.6 Å². The second-order valence-corrected chi connectivity index (χ2v) is 8.74. The summed E-state index contributed by atoms with van der Waals surface area (Å²) in [6.07, 6.45) is 0. The van der Waals surface area contributed by atoms with Crippen LogP contribution in [0.2, 0.25) is 0 Å². The zero-order valence-corrected chi connectivity index (χ0v) is 20.2. The highest BCUT2D eigenvalue weighted by molar-refractivity contribution is 5.95. The SMILES string of the molecule is CCOC(=O)C1=C(CN2CCN(CC)CC2)N(CC)C(=O)N[C@@H]1c1ccc(C(C)C)cc1. The lowest BCUT2D eigenvalue weighted by Gasteiger charge is -2.40. The first kappa shape index (κ1) is 24.3. The van der Waals surface area contributed by atoms with Gasteiger partial charge in [0.2, 0.25) is 0 Å². The third kappa shape index (κ3) is 5.33. The molecule has 1 fully saturated rings. The Morgan fingerprint density at radius 3 is 2.19 bits per heavy atom. The normalized spacial score (nSPS) is 20.6. The minimum absolute atomic E-state index is 0.166. The number of carbonyl (C=O) groups is 2. The van der Waals surface area contributed by atoms with Crippen molar-refractivity contribution >= 4 is 12.0 Å². The Balaban J connectivity index is 2.00. The lowest BCUT2D eigenvalue weighted by Crippen LogP contribution is -2.53. The molecule has 2 heterocycles. The molecule has 0 saturated carbocycles. The maximum Gasteiger partial charge on any atom is 0.338 e. The van der Waals surface area contributed by atoms with Crippen molar-refractivity contribution in [3.8, 4) is 0 Å². The fourth-order valence-corrected chi connectivity index (χ4v) is 4.46. The molecule has 0 aromatic heterocycles. The van der Waals surface area contributed by atoms with Crippen LogP contribution in [-0.2, 0) is 9.53 Å². The predicted molar refractivity (Wildman–Crippen MR) is 126 cm³/mol. The highest BCUT2D eigenvalue weighted by Gasteiger charge is 2.38. The van der Waals surface area contributed by atoms with Gasteiger partial charge in [0.05, 0.1) is 18.2 Å². The Bertz CT molecular complexity index is 826. The Kier molecular flexibility index (Phi) is 8.32. The molecular weight excluding hydrogens is 404 g/mol. The van der Waals surface area contributed by atoms with Gasteiger partial charge in [-0.3, -0.25) is 9.80 Å². The zero-order valence-electron chi connectivity index (χ0n) is 20.2. The maximum atomic E-state index is 13.2. The van der Waals surface area contributed by atoms with E-state index in [-0.39, 0.29) is 12.0 Å². The Morgan fingerprint density at radius 2 is 1.66 bits per heavy atom. The van der Waals surface area contributed by atoms with Crippen LogP contribution in [0.4, 0.5) is 4.79 Å². The van der Waals surface area contributed by atoms with Crippen LogP contribution in [0.25, 0.3) is 0 Å². The van der Waals surface area contributed by atoms with Crippen LogP contribution in [-0.4, -0.2) is 79.1 Å². The summed E-state index contributed by atoms with van der Waals surface area (Å²) in [7, 11) is 0. The van der Waals surface area contributed by atoms with Gasteiger partial charge in [-0.25, -0.2) is 9.59 Å². The molecule has 1 saturated heterocycles. The molecule has 0 bridgehead atoms. The molecule has 1 aromatic rings. The summed E-state index contributed by atoms with van der Waals surface area (Å²) in [4.78, 5) is 32.7. The standard InChI is InChI=1S/C25H38N4O3/c1-6-27-13-15-28(16-14-27)17-21-22(24(30)32-8-3)23(26-25(31)29(21)7-2)20-11-9-19(10-12-20)18(4)5/h9-12,18,23H,6-8,13-17H2,1-5H3,(H,26,31)/t23-/m1/s1. The lowest BCUT2D eigenvalue weighted by molar-refractivity contribution is -0.139. The Morgan fingerprint density at radius 1 is 1.03 bits per heavy atom. The highest BCUT2D eigenvalue weighted by Crippen LogP contribution is 2.33. The van der Waals surface area contributed by atoms with Crippen LogP contribution in [0.1, 0.15) is 57.7 Å². The van der Waals surface area contributed by atoms with E-state index in [4.69, 9.17) is 4.74 Å². The molecule has 3 rings (SSSR count). The van der Waals surface area contributed by atoms with Crippen molar-refractivity contribution in [3.05, 3.63) is 46.7 Å². The van der Waals surface area contributed by atoms with Gasteiger partial charge >= 0.3 is 12.0 Å². The fourth-order valence-electron chi connectivity index (χ4n) is 4.46. The van der Waals surface area contributed by atoms with Crippen LogP contribution in [0.5, 0.6) is 0 Å². The van der Waals surface area contributed by atoms with Gasteiger partial charge in [0.25, 0.3) is 0 Å². The summed E-state index contributed by atoms with van der Waals surface area (Å²) in [5, 5.41) is 3.06. The van der Waals surface area contributed by atoms with Crippen LogP contribution < -0.4 is 5.32 Å². The molecule has 0 radical (unpaired) electrons. The van der Waals surface area contributed by atoms with Gasteiger partial charge in [0.1, 0.15) is 0 Å². The van der Waals surface area contributed by atoms with Gasteiger partial charge < -0.3 is 15.0 Å². The number of rotatable bonds is 8. The number of nitrogens with one attached hydrogen (secondary N) is 1. The smallest absolute Gasteiger partial charge is 0.338 e. The van der Waals surface area contributed by atoms with Crippen molar-refractivity contribution in [2.24, 2.45) is 0 Å². The third-order valence-electron chi connectivity index (χ3n) is 6.47. The first-order valence-corrected chi connectivity index (χ1v) is 11.9. The summed E-state index contributed by atoms with van der Waals surface area (Å²) in [5.74, 6) is 0.0593. The highest BCUT2D eigenvalue weighted by atomic mass is 16.5. The van der Waals surface area contributed by atoms with Gasteiger partial charge in [-0.1, -0.05) is 45.0 Å². The molecule has 7 nitrogen and oxygen atoms in total. The summed E-state index contributed by atoms with van der Waals surface area (Å²) in [5.41, 5.74) is 3.43. The molecule has 2 aliphatic rings. The van der Waals surface area contributed by atoms with Gasteiger partial charge in [0, 0.05) is 45.0 Å². The number of benzene rings is 1. The molecule has 176 valence electrons. The van der Waals surface area contributed by atoms with Gasteiger partial charge in [0.15, 0.2) is 0 Å². The van der Waals surface area contributed by atoms with Crippen LogP contribution >= 0.6 is 0 Å². The maximum absolute atomic E-state index is 13.2. The van der Waals surface area contributed by atoms with Crippen molar-refractivity contribution in [3.63, 3.8) is 0 Å². The molecule has 0 unspecified atom stereocenters. The average molecular weight is 443 g/mol. The van der Waals surface area contributed by atoms with E-state index in [9.17, 15) is 9.59 Å². The average Bonchev–Trinajstić information content (AvgIpc) is 2.79. The number of urea groups is 1. The summed E-state index contributed by atoms with van der Waals surface area (Å²) < 4.78 is 5.48. The van der Waals surface area contributed by atoms with Gasteiger partial charge in [-0.05, 0) is 37.4 Å². The first-order valence-electron chi connectivity index (χ1n) is 11.9. The number of amides is 2. The number of nitrogens with zero attached hydrogens (tertiary/aromatic N) is 3. The second kappa shape index (κ2) is 11.0. The van der Waals surface area contributed by atoms with Crippen molar-refractivity contribution in [1.82, 2.24) is 20.0 Å². The molecule has 0 aliphatic carbocycles. The molecule has 1 aromatic carbocycles. The minimum Gasteiger partial charge on any atom is -0.463 e. The molecule has 1 atom stereocenters. The number of hydrogen-bond donors (Lipinski definition) is 1. The first-order chi connectivity index (χ1) is 15.4. The van der Waals surface area contributed by atoms with Gasteiger partial charge in [-0.15, -0.1) is 0 Å². The fraction of sp³-hybridized carbons (Fsp3) is 0.600. The number of likely N-dealkylation sites (N-methyl/N-ethyl adjacent to an activating group) is 2. The summed E-state index contributed by atoms with van der Waals surface area (Å²) in [6, 6.07) is 7.49. The summed E-state index contributed by atoms with van der Waals surface area (Å²) in [6.45, 7) is 16.5. The zero-order chi connectivity index (χ0) is 23.3.